The SMILES string of the molecule is CCCC1NC(=O)CCN(C2CCCCC2C(C)C)C1=O. The summed E-state index contributed by atoms with van der Waals surface area (Å²) in [5.41, 5.74) is 0. The highest BCUT2D eigenvalue weighted by Gasteiger charge is 2.38. The molecule has 1 saturated heterocycles. The molecule has 2 fully saturated rings. The quantitative estimate of drug-likeness (QED) is 0.866. The maximum Gasteiger partial charge on any atom is 0.245 e. The molecule has 3 unspecified atom stereocenters. The van der Waals surface area contributed by atoms with Gasteiger partial charge in [0.15, 0.2) is 0 Å². The molecule has 1 aliphatic carbocycles. The first-order chi connectivity index (χ1) is 10.0. The number of nitrogens with zero attached hydrogens (tertiary/aromatic N) is 1. The summed E-state index contributed by atoms with van der Waals surface area (Å²) < 4.78 is 0. The van der Waals surface area contributed by atoms with Crippen LogP contribution in [0.1, 0.15) is 65.7 Å². The lowest BCUT2D eigenvalue weighted by Crippen LogP contribution is -2.52. The molecule has 1 saturated carbocycles. The van der Waals surface area contributed by atoms with Gasteiger partial charge in [-0.05, 0) is 31.1 Å². The van der Waals surface area contributed by atoms with Gasteiger partial charge in [-0.25, -0.2) is 0 Å². The second-order valence-electron chi connectivity index (χ2n) is 6.95. The fraction of sp³-hybridized carbons (Fsp3) is 0.882. The molecule has 120 valence electrons. The van der Waals surface area contributed by atoms with Crippen LogP contribution in [0.2, 0.25) is 0 Å². The van der Waals surface area contributed by atoms with Gasteiger partial charge in [-0.15, -0.1) is 0 Å². The fourth-order valence-electron chi connectivity index (χ4n) is 3.98. The Morgan fingerprint density at radius 3 is 2.62 bits per heavy atom. The van der Waals surface area contributed by atoms with Crippen LogP contribution in [0.15, 0.2) is 0 Å². The van der Waals surface area contributed by atoms with Crippen LogP contribution in [0.5, 0.6) is 0 Å². The van der Waals surface area contributed by atoms with Crippen molar-refractivity contribution in [1.82, 2.24) is 10.2 Å². The molecule has 21 heavy (non-hydrogen) atoms. The zero-order valence-electron chi connectivity index (χ0n) is 13.7. The average molecular weight is 294 g/mol. The van der Waals surface area contributed by atoms with E-state index in [1.54, 1.807) is 0 Å². The van der Waals surface area contributed by atoms with Gasteiger partial charge in [0, 0.05) is 19.0 Å². The van der Waals surface area contributed by atoms with Crippen LogP contribution in [-0.2, 0) is 9.59 Å². The zero-order chi connectivity index (χ0) is 15.4. The third kappa shape index (κ3) is 3.78. The summed E-state index contributed by atoms with van der Waals surface area (Å²) in [6.45, 7) is 7.18. The van der Waals surface area contributed by atoms with Crippen molar-refractivity contribution >= 4 is 11.8 Å². The summed E-state index contributed by atoms with van der Waals surface area (Å²) in [4.78, 5) is 26.8. The lowest BCUT2D eigenvalue weighted by atomic mass is 9.77. The van der Waals surface area contributed by atoms with E-state index in [9.17, 15) is 9.59 Å². The first-order valence-electron chi connectivity index (χ1n) is 8.64. The topological polar surface area (TPSA) is 49.4 Å². The second kappa shape index (κ2) is 7.28. The molecule has 1 N–H and O–H groups in total. The van der Waals surface area contributed by atoms with Gasteiger partial charge in [-0.2, -0.15) is 0 Å². The maximum absolute atomic E-state index is 12.9. The smallest absolute Gasteiger partial charge is 0.245 e. The van der Waals surface area contributed by atoms with Crippen molar-refractivity contribution in [3.63, 3.8) is 0 Å². The van der Waals surface area contributed by atoms with Crippen molar-refractivity contribution in [1.29, 1.82) is 0 Å². The number of nitrogens with one attached hydrogen (secondary N) is 1. The molecule has 3 atom stereocenters. The number of hydrogen-bond acceptors (Lipinski definition) is 2. The van der Waals surface area contributed by atoms with Crippen LogP contribution in [0.3, 0.4) is 0 Å². The maximum atomic E-state index is 12.9. The van der Waals surface area contributed by atoms with E-state index in [-0.39, 0.29) is 17.9 Å². The minimum Gasteiger partial charge on any atom is -0.344 e. The van der Waals surface area contributed by atoms with E-state index in [0.29, 0.717) is 30.8 Å². The molecule has 4 nitrogen and oxygen atoms in total. The second-order valence-corrected chi connectivity index (χ2v) is 6.95. The van der Waals surface area contributed by atoms with Crippen molar-refractivity contribution in [2.45, 2.75) is 77.8 Å². The molecule has 1 heterocycles. The Morgan fingerprint density at radius 2 is 1.95 bits per heavy atom. The molecule has 0 spiro atoms. The van der Waals surface area contributed by atoms with Crippen LogP contribution in [0, 0.1) is 11.8 Å². The Balaban J connectivity index is 2.18. The largest absolute Gasteiger partial charge is 0.344 e. The van der Waals surface area contributed by atoms with Gasteiger partial charge in [0.2, 0.25) is 11.8 Å². The molecule has 2 amide bonds. The molecule has 0 aromatic carbocycles. The van der Waals surface area contributed by atoms with Gasteiger partial charge < -0.3 is 10.2 Å². The van der Waals surface area contributed by atoms with Crippen LogP contribution in [0.4, 0.5) is 0 Å². The average Bonchev–Trinajstić information content (AvgIpc) is 2.59. The number of carbonyl (C=O) groups excluding carboxylic acids is 2. The van der Waals surface area contributed by atoms with Crippen molar-refractivity contribution in [2.75, 3.05) is 6.54 Å². The van der Waals surface area contributed by atoms with E-state index < -0.39 is 0 Å². The van der Waals surface area contributed by atoms with E-state index in [4.69, 9.17) is 0 Å². The Kier molecular flexibility index (Phi) is 5.65. The highest BCUT2D eigenvalue weighted by Crippen LogP contribution is 2.34. The normalized spacial score (nSPS) is 31.2. The summed E-state index contributed by atoms with van der Waals surface area (Å²) in [5.74, 6) is 1.36. The first kappa shape index (κ1) is 16.3. The van der Waals surface area contributed by atoms with Gasteiger partial charge in [0.1, 0.15) is 6.04 Å². The van der Waals surface area contributed by atoms with Crippen molar-refractivity contribution in [2.24, 2.45) is 11.8 Å². The molecule has 4 heteroatoms. The van der Waals surface area contributed by atoms with E-state index in [0.717, 1.165) is 19.3 Å². The van der Waals surface area contributed by atoms with Gasteiger partial charge in [0.25, 0.3) is 0 Å². The van der Waals surface area contributed by atoms with Crippen molar-refractivity contribution in [3.05, 3.63) is 0 Å². The fourth-order valence-corrected chi connectivity index (χ4v) is 3.98. The standard InChI is InChI=1S/C17H30N2O2/c1-4-7-14-17(21)19(11-10-16(20)18-14)15-9-6-5-8-13(15)12(2)3/h12-15H,4-11H2,1-3H3,(H,18,20). The van der Waals surface area contributed by atoms with E-state index >= 15 is 0 Å². The van der Waals surface area contributed by atoms with Crippen molar-refractivity contribution in [3.8, 4) is 0 Å². The molecule has 0 aromatic heterocycles. The summed E-state index contributed by atoms with van der Waals surface area (Å²) >= 11 is 0. The Morgan fingerprint density at radius 1 is 1.24 bits per heavy atom. The number of hydrogen-bond donors (Lipinski definition) is 1. The first-order valence-corrected chi connectivity index (χ1v) is 8.64. The monoisotopic (exact) mass is 294 g/mol. The predicted molar refractivity (Wildman–Crippen MR) is 83.8 cm³/mol. The molecule has 0 aromatic rings. The van der Waals surface area contributed by atoms with E-state index in [1.807, 2.05) is 4.90 Å². The molecule has 1 aliphatic heterocycles. The Hall–Kier alpha value is -1.06. The highest BCUT2D eigenvalue weighted by molar-refractivity contribution is 5.90. The summed E-state index contributed by atoms with van der Waals surface area (Å²) in [7, 11) is 0. The minimum atomic E-state index is -0.306. The minimum absolute atomic E-state index is 0.0289. The summed E-state index contributed by atoms with van der Waals surface area (Å²) in [5, 5.41) is 2.91. The van der Waals surface area contributed by atoms with E-state index in [1.165, 1.54) is 19.3 Å². The van der Waals surface area contributed by atoms with Gasteiger partial charge in [0.05, 0.1) is 0 Å². The van der Waals surface area contributed by atoms with Gasteiger partial charge in [-0.3, -0.25) is 9.59 Å². The molecular formula is C17H30N2O2. The number of rotatable bonds is 4. The molecule has 2 aliphatic rings. The summed E-state index contributed by atoms with van der Waals surface area (Å²) in [6.07, 6.45) is 6.91. The molecule has 2 rings (SSSR count). The lowest BCUT2D eigenvalue weighted by Gasteiger charge is -2.42. The van der Waals surface area contributed by atoms with Gasteiger partial charge in [-0.1, -0.05) is 40.0 Å². The third-order valence-corrected chi connectivity index (χ3v) is 5.11. The number of carbonyl (C=O) groups is 2. The Bertz CT molecular complexity index is 381. The van der Waals surface area contributed by atoms with E-state index in [2.05, 4.69) is 26.1 Å². The Labute approximate surface area is 128 Å². The molecule has 0 radical (unpaired) electrons. The summed E-state index contributed by atoms with van der Waals surface area (Å²) in [6, 6.07) is 0.0260. The lowest BCUT2D eigenvalue weighted by molar-refractivity contribution is -0.138. The van der Waals surface area contributed by atoms with Crippen LogP contribution in [0.25, 0.3) is 0 Å². The third-order valence-electron chi connectivity index (χ3n) is 5.11. The van der Waals surface area contributed by atoms with Crippen LogP contribution in [-0.4, -0.2) is 35.3 Å². The molecular weight excluding hydrogens is 264 g/mol. The highest BCUT2D eigenvalue weighted by atomic mass is 16.2. The van der Waals surface area contributed by atoms with Crippen molar-refractivity contribution < 1.29 is 9.59 Å². The molecule has 0 bridgehead atoms. The van der Waals surface area contributed by atoms with Crippen LogP contribution < -0.4 is 5.32 Å². The van der Waals surface area contributed by atoms with Crippen LogP contribution >= 0.6 is 0 Å². The zero-order valence-corrected chi connectivity index (χ0v) is 13.7. The van der Waals surface area contributed by atoms with Gasteiger partial charge >= 0.3 is 0 Å². The number of amides is 2. The predicted octanol–water partition coefficient (Wildman–Crippen LogP) is 2.72.